The van der Waals surface area contributed by atoms with Crippen LogP contribution >= 0.6 is 0 Å². The molecule has 0 aromatic rings. The number of fused-ring (bicyclic) bond motifs is 5. The molecule has 5 nitrogen and oxygen atoms in total. The number of aliphatic carboxylic acids is 1. The van der Waals surface area contributed by atoms with E-state index in [1.807, 2.05) is 7.11 Å². The van der Waals surface area contributed by atoms with E-state index in [0.717, 1.165) is 24.2 Å². The molecule has 0 aromatic carbocycles. The maximum atomic E-state index is 12.1. The topological polar surface area (TPSA) is 75.6 Å². The van der Waals surface area contributed by atoms with E-state index in [1.165, 1.54) is 57.8 Å². The third-order valence-corrected chi connectivity index (χ3v) is 10.9. The van der Waals surface area contributed by atoms with Gasteiger partial charge in [-0.1, -0.05) is 33.6 Å². The van der Waals surface area contributed by atoms with Gasteiger partial charge in [0, 0.05) is 13.5 Å². The number of carbonyl (C=O) groups excluding carboxylic acids is 1. The van der Waals surface area contributed by atoms with Crippen molar-refractivity contribution in [3.63, 3.8) is 0 Å². The Hall–Kier alpha value is -1.10. The molecule has 4 fully saturated rings. The van der Waals surface area contributed by atoms with Crippen molar-refractivity contribution in [1.82, 2.24) is 5.32 Å². The summed E-state index contributed by atoms with van der Waals surface area (Å²) in [5.41, 5.74) is 0.845. The van der Waals surface area contributed by atoms with Crippen molar-refractivity contribution < 1.29 is 19.4 Å². The van der Waals surface area contributed by atoms with E-state index < -0.39 is 5.97 Å². The van der Waals surface area contributed by atoms with Gasteiger partial charge in [-0.2, -0.15) is 0 Å². The Bertz CT molecular complexity index is 710. The fraction of sp³-hybridized carbons (Fsp3) is 0.926. The summed E-state index contributed by atoms with van der Waals surface area (Å²) in [6.45, 7) is 7.21. The summed E-state index contributed by atoms with van der Waals surface area (Å²) in [5, 5.41) is 11.3. The lowest BCUT2D eigenvalue weighted by atomic mass is 9.44. The number of carboxylic acids is 1. The van der Waals surface area contributed by atoms with Crippen LogP contribution in [0.2, 0.25) is 0 Å². The molecule has 2 N–H and O–H groups in total. The van der Waals surface area contributed by atoms with E-state index in [-0.39, 0.29) is 12.5 Å². The highest BCUT2D eigenvalue weighted by Crippen LogP contribution is 2.68. The Labute approximate surface area is 194 Å². The third-order valence-electron chi connectivity index (χ3n) is 10.9. The number of methoxy groups -OCH3 is 1. The van der Waals surface area contributed by atoms with Gasteiger partial charge < -0.3 is 15.2 Å². The molecule has 0 radical (unpaired) electrons. The number of carboxylic acid groups (broad SMARTS) is 1. The van der Waals surface area contributed by atoms with Crippen LogP contribution in [0.4, 0.5) is 0 Å². The van der Waals surface area contributed by atoms with Crippen LogP contribution in [0.3, 0.4) is 0 Å². The van der Waals surface area contributed by atoms with Crippen LogP contribution < -0.4 is 5.32 Å². The van der Waals surface area contributed by atoms with Gasteiger partial charge in [-0.05, 0) is 97.7 Å². The standard InChI is InChI=1S/C27H45NO4/c1-17(8-11-23(29)28-16-24(30)31)19-9-10-20-25-21(12-14-27(19,20)3)26(2)13-6-5-7-18(26)15-22(25)32-4/h17-22,25H,5-16H2,1-4H3,(H,28,29)(H,30,31)/t17-,18+,19-,20+,21+,22-,25+,26+,27-/m1/s1. The summed E-state index contributed by atoms with van der Waals surface area (Å²) in [7, 11) is 1.95. The first-order valence-corrected chi connectivity index (χ1v) is 13.2. The maximum Gasteiger partial charge on any atom is 0.322 e. The van der Waals surface area contributed by atoms with Crippen LogP contribution in [-0.4, -0.2) is 36.7 Å². The molecule has 32 heavy (non-hydrogen) atoms. The van der Waals surface area contributed by atoms with Crippen molar-refractivity contribution in [1.29, 1.82) is 0 Å². The highest BCUT2D eigenvalue weighted by atomic mass is 16.5. The minimum Gasteiger partial charge on any atom is -0.480 e. The molecule has 4 rings (SSSR count). The first-order valence-electron chi connectivity index (χ1n) is 13.2. The number of nitrogens with one attached hydrogen (secondary N) is 1. The molecule has 0 heterocycles. The van der Waals surface area contributed by atoms with Gasteiger partial charge in [0.1, 0.15) is 6.54 Å². The van der Waals surface area contributed by atoms with Gasteiger partial charge in [-0.15, -0.1) is 0 Å². The first-order chi connectivity index (χ1) is 15.2. The molecule has 0 saturated heterocycles. The van der Waals surface area contributed by atoms with E-state index in [2.05, 4.69) is 26.1 Å². The molecule has 0 aromatic heterocycles. The molecule has 1 amide bonds. The van der Waals surface area contributed by atoms with Crippen LogP contribution in [0.1, 0.15) is 91.4 Å². The summed E-state index contributed by atoms with van der Waals surface area (Å²) >= 11 is 0. The fourth-order valence-electron chi connectivity index (χ4n) is 9.28. The summed E-state index contributed by atoms with van der Waals surface area (Å²) in [4.78, 5) is 22.8. The number of hydrogen-bond donors (Lipinski definition) is 2. The maximum absolute atomic E-state index is 12.1. The first kappa shape index (κ1) is 24.0. The van der Waals surface area contributed by atoms with Crippen molar-refractivity contribution in [2.45, 2.75) is 97.5 Å². The van der Waals surface area contributed by atoms with E-state index in [1.54, 1.807) is 0 Å². The van der Waals surface area contributed by atoms with E-state index in [9.17, 15) is 9.59 Å². The number of rotatable bonds is 7. The molecular formula is C27H45NO4. The summed E-state index contributed by atoms with van der Waals surface area (Å²) in [6, 6.07) is 0. The van der Waals surface area contributed by atoms with Gasteiger partial charge in [-0.25, -0.2) is 0 Å². The molecule has 4 aliphatic carbocycles. The quantitative estimate of drug-likeness (QED) is 0.557. The van der Waals surface area contributed by atoms with Crippen molar-refractivity contribution in [3.8, 4) is 0 Å². The third kappa shape index (κ3) is 4.12. The minimum atomic E-state index is -0.983. The summed E-state index contributed by atoms with van der Waals surface area (Å²) < 4.78 is 6.23. The van der Waals surface area contributed by atoms with Gasteiger partial charge in [0.25, 0.3) is 0 Å². The highest BCUT2D eigenvalue weighted by Gasteiger charge is 2.62. The molecule has 4 saturated carbocycles. The molecule has 0 unspecified atom stereocenters. The average Bonchev–Trinajstić information content (AvgIpc) is 3.12. The van der Waals surface area contributed by atoms with Crippen molar-refractivity contribution in [3.05, 3.63) is 0 Å². The van der Waals surface area contributed by atoms with Gasteiger partial charge in [0.15, 0.2) is 0 Å². The van der Waals surface area contributed by atoms with Crippen LogP contribution in [0.5, 0.6) is 0 Å². The fourth-order valence-corrected chi connectivity index (χ4v) is 9.28. The Morgan fingerprint density at radius 2 is 1.81 bits per heavy atom. The minimum absolute atomic E-state index is 0.134. The molecule has 0 aliphatic heterocycles. The van der Waals surface area contributed by atoms with Crippen LogP contribution in [0, 0.1) is 46.3 Å². The van der Waals surface area contributed by atoms with E-state index >= 15 is 0 Å². The Morgan fingerprint density at radius 1 is 1.06 bits per heavy atom. The molecule has 5 heteroatoms. The lowest BCUT2D eigenvalue weighted by Crippen LogP contribution is -2.58. The van der Waals surface area contributed by atoms with Gasteiger partial charge in [0.2, 0.25) is 5.91 Å². The lowest BCUT2D eigenvalue weighted by Gasteiger charge is -2.62. The van der Waals surface area contributed by atoms with Gasteiger partial charge in [0.05, 0.1) is 6.10 Å². The predicted octanol–water partition coefficient (Wildman–Crippen LogP) is 5.28. The van der Waals surface area contributed by atoms with E-state index in [4.69, 9.17) is 9.84 Å². The zero-order valence-corrected chi connectivity index (χ0v) is 20.7. The molecule has 9 atom stereocenters. The molecule has 0 bridgehead atoms. The number of carbonyl (C=O) groups is 2. The molecule has 182 valence electrons. The summed E-state index contributed by atoms with van der Waals surface area (Å²) in [5.74, 6) is 3.09. The summed E-state index contributed by atoms with van der Waals surface area (Å²) in [6.07, 6.45) is 13.8. The van der Waals surface area contributed by atoms with Gasteiger partial charge in [-0.3, -0.25) is 9.59 Å². The number of ether oxygens (including phenoxy) is 1. The lowest BCUT2D eigenvalue weighted by molar-refractivity contribution is -0.173. The second-order valence-corrected chi connectivity index (χ2v) is 12.2. The monoisotopic (exact) mass is 447 g/mol. The largest absolute Gasteiger partial charge is 0.480 e. The van der Waals surface area contributed by atoms with Crippen LogP contribution in [0.15, 0.2) is 0 Å². The number of hydrogen-bond acceptors (Lipinski definition) is 3. The highest BCUT2D eigenvalue weighted by molar-refractivity contribution is 5.81. The second-order valence-electron chi connectivity index (χ2n) is 12.2. The molecule has 4 aliphatic rings. The van der Waals surface area contributed by atoms with Gasteiger partial charge >= 0.3 is 5.97 Å². The van der Waals surface area contributed by atoms with Crippen LogP contribution in [-0.2, 0) is 14.3 Å². The zero-order chi connectivity index (χ0) is 23.1. The Morgan fingerprint density at radius 3 is 2.53 bits per heavy atom. The smallest absolute Gasteiger partial charge is 0.322 e. The van der Waals surface area contributed by atoms with Crippen molar-refractivity contribution >= 4 is 11.9 Å². The van der Waals surface area contributed by atoms with Crippen LogP contribution in [0.25, 0.3) is 0 Å². The van der Waals surface area contributed by atoms with E-state index in [0.29, 0.717) is 41.1 Å². The molecular weight excluding hydrogens is 402 g/mol. The second kappa shape index (κ2) is 9.27. The normalized spacial score (nSPS) is 44.1. The average molecular weight is 448 g/mol. The Balaban J connectivity index is 1.46. The Kier molecular flexibility index (Phi) is 6.96. The SMILES string of the molecule is CO[C@@H]1C[C@@H]2CCCC[C@]2(C)[C@H]2CC[C@]3(C)[C@@H]([C@H](C)CCC(=O)NCC(=O)O)CC[C@H]3[C@H]12. The zero-order valence-electron chi connectivity index (χ0n) is 20.7. The van der Waals surface area contributed by atoms with Crippen molar-refractivity contribution in [2.75, 3.05) is 13.7 Å². The molecule has 0 spiro atoms. The predicted molar refractivity (Wildman–Crippen MR) is 125 cm³/mol. The van der Waals surface area contributed by atoms with Crippen molar-refractivity contribution in [2.24, 2.45) is 46.3 Å². The number of amides is 1.